The largest absolute Gasteiger partial charge is 0.394 e. The fraction of sp³-hybridized carbons (Fsp3) is 1.00. The molecule has 0 fully saturated rings. The lowest BCUT2D eigenvalue weighted by Gasteiger charge is -2.24. The van der Waals surface area contributed by atoms with E-state index in [9.17, 15) is 5.11 Å². The summed E-state index contributed by atoms with van der Waals surface area (Å²) < 4.78 is 0. The molecule has 0 aliphatic heterocycles. The summed E-state index contributed by atoms with van der Waals surface area (Å²) in [6, 6.07) is 0. The topological polar surface area (TPSA) is 43.7 Å². The Morgan fingerprint density at radius 1 is 0.833 bits per heavy atom. The predicted octanol–water partition coefficient (Wildman–Crippen LogP) is 2.80. The molecule has 0 aliphatic rings. The molecule has 0 aromatic carbocycles. The molecule has 0 aromatic heterocycles. The Kier molecular flexibility index (Phi) is 13.2. The summed E-state index contributed by atoms with van der Waals surface area (Å²) in [6.07, 6.45) is 9.50. The molecule has 0 aliphatic carbocycles. The second-order valence-electron chi connectivity index (χ2n) is 5.26. The second kappa shape index (κ2) is 13.3. The molecule has 0 amide bonds. The average molecular weight is 259 g/mol. The van der Waals surface area contributed by atoms with Crippen LogP contribution in [0.3, 0.4) is 0 Å². The second-order valence-corrected chi connectivity index (χ2v) is 5.26. The third-order valence-electron chi connectivity index (χ3n) is 3.34. The number of nitrogens with zero attached hydrogens (tertiary/aromatic N) is 1. The van der Waals surface area contributed by atoms with E-state index >= 15 is 0 Å². The molecule has 3 heteroatoms. The van der Waals surface area contributed by atoms with Gasteiger partial charge in [-0.2, -0.15) is 0 Å². The molecule has 0 rings (SSSR count). The lowest BCUT2D eigenvalue weighted by molar-refractivity contribution is 0.0579. The van der Waals surface area contributed by atoms with E-state index < -0.39 is 6.10 Å². The van der Waals surface area contributed by atoms with Crippen LogP contribution in [-0.2, 0) is 0 Å². The van der Waals surface area contributed by atoms with Gasteiger partial charge in [0.1, 0.15) is 0 Å². The normalized spacial score (nSPS) is 13.2. The molecule has 0 heterocycles. The number of rotatable bonds is 13. The maximum atomic E-state index is 9.54. The van der Waals surface area contributed by atoms with Crippen LogP contribution in [-0.4, -0.2) is 47.5 Å². The van der Waals surface area contributed by atoms with Crippen molar-refractivity contribution in [3.05, 3.63) is 0 Å². The van der Waals surface area contributed by atoms with Crippen LogP contribution in [0.1, 0.15) is 65.2 Å². The monoisotopic (exact) mass is 259 g/mol. The quantitative estimate of drug-likeness (QED) is 0.500. The van der Waals surface area contributed by atoms with E-state index in [0.29, 0.717) is 6.54 Å². The lowest BCUT2D eigenvalue weighted by Crippen LogP contribution is -2.35. The lowest BCUT2D eigenvalue weighted by atomic mass is 10.1. The highest BCUT2D eigenvalue weighted by atomic mass is 16.3. The summed E-state index contributed by atoms with van der Waals surface area (Å²) in [5.41, 5.74) is 0. The molecule has 18 heavy (non-hydrogen) atoms. The zero-order valence-electron chi connectivity index (χ0n) is 12.4. The van der Waals surface area contributed by atoms with Crippen molar-refractivity contribution in [3.63, 3.8) is 0 Å². The molecular formula is C15H33NO2. The van der Waals surface area contributed by atoms with Crippen molar-refractivity contribution in [2.75, 3.05) is 26.2 Å². The Morgan fingerprint density at radius 3 is 1.72 bits per heavy atom. The van der Waals surface area contributed by atoms with Gasteiger partial charge >= 0.3 is 0 Å². The van der Waals surface area contributed by atoms with Gasteiger partial charge in [-0.25, -0.2) is 0 Å². The van der Waals surface area contributed by atoms with Gasteiger partial charge in [-0.15, -0.1) is 0 Å². The molecular weight excluding hydrogens is 226 g/mol. The van der Waals surface area contributed by atoms with Gasteiger partial charge in [0.05, 0.1) is 12.7 Å². The summed E-state index contributed by atoms with van der Waals surface area (Å²) in [5.74, 6) is 0. The van der Waals surface area contributed by atoms with Crippen molar-refractivity contribution in [1.82, 2.24) is 4.90 Å². The first-order valence-corrected chi connectivity index (χ1v) is 7.75. The number of aliphatic hydroxyl groups excluding tert-OH is 2. The Bertz CT molecular complexity index is 153. The van der Waals surface area contributed by atoms with Crippen molar-refractivity contribution in [2.24, 2.45) is 0 Å². The summed E-state index contributed by atoms with van der Waals surface area (Å²) in [7, 11) is 0. The number of hydrogen-bond acceptors (Lipinski definition) is 3. The minimum absolute atomic E-state index is 0.125. The number of hydrogen-bond donors (Lipinski definition) is 2. The maximum absolute atomic E-state index is 9.54. The standard InChI is InChI=1S/C15H33NO2/c1-3-5-7-9-11-16(13-15(18)14-17)12-10-8-6-4-2/h15,17-18H,3-14H2,1-2H3. The van der Waals surface area contributed by atoms with E-state index in [1.165, 1.54) is 51.4 Å². The molecule has 2 N–H and O–H groups in total. The van der Waals surface area contributed by atoms with Crippen molar-refractivity contribution in [1.29, 1.82) is 0 Å². The van der Waals surface area contributed by atoms with Gasteiger partial charge in [0.15, 0.2) is 0 Å². The first-order valence-electron chi connectivity index (χ1n) is 7.75. The third kappa shape index (κ3) is 11.0. The highest BCUT2D eigenvalue weighted by Crippen LogP contribution is 2.06. The molecule has 0 saturated heterocycles. The molecule has 0 bridgehead atoms. The van der Waals surface area contributed by atoms with Gasteiger partial charge in [-0.1, -0.05) is 52.4 Å². The summed E-state index contributed by atoms with van der Waals surface area (Å²) >= 11 is 0. The van der Waals surface area contributed by atoms with Crippen LogP contribution < -0.4 is 0 Å². The van der Waals surface area contributed by atoms with Crippen molar-refractivity contribution < 1.29 is 10.2 Å². The van der Waals surface area contributed by atoms with Gasteiger partial charge in [0.2, 0.25) is 0 Å². The highest BCUT2D eigenvalue weighted by molar-refractivity contribution is 4.64. The first-order chi connectivity index (χ1) is 8.74. The SMILES string of the molecule is CCCCCCN(CCCCCC)CC(O)CO. The maximum Gasteiger partial charge on any atom is 0.0897 e. The Morgan fingerprint density at radius 2 is 1.33 bits per heavy atom. The van der Waals surface area contributed by atoms with Crippen LogP contribution in [0.4, 0.5) is 0 Å². The summed E-state index contributed by atoms with van der Waals surface area (Å²) in [6.45, 7) is 7.05. The van der Waals surface area contributed by atoms with E-state index in [4.69, 9.17) is 5.11 Å². The van der Waals surface area contributed by atoms with Gasteiger partial charge < -0.3 is 15.1 Å². The first kappa shape index (κ1) is 17.9. The predicted molar refractivity (Wildman–Crippen MR) is 77.8 cm³/mol. The van der Waals surface area contributed by atoms with Gasteiger partial charge in [-0.05, 0) is 25.9 Å². The van der Waals surface area contributed by atoms with Gasteiger partial charge in [-0.3, -0.25) is 0 Å². The Labute approximate surface area is 113 Å². The van der Waals surface area contributed by atoms with Gasteiger partial charge in [0, 0.05) is 6.54 Å². The number of unbranched alkanes of at least 4 members (excludes halogenated alkanes) is 6. The molecule has 0 radical (unpaired) electrons. The van der Waals surface area contributed by atoms with E-state index in [1.54, 1.807) is 0 Å². The zero-order valence-corrected chi connectivity index (χ0v) is 12.4. The van der Waals surface area contributed by atoms with Crippen molar-refractivity contribution in [3.8, 4) is 0 Å². The molecule has 1 atom stereocenters. The average Bonchev–Trinajstić information content (AvgIpc) is 2.39. The van der Waals surface area contributed by atoms with Gasteiger partial charge in [0.25, 0.3) is 0 Å². The minimum atomic E-state index is -0.581. The third-order valence-corrected chi connectivity index (χ3v) is 3.34. The van der Waals surface area contributed by atoms with Crippen LogP contribution in [0.5, 0.6) is 0 Å². The Hall–Kier alpha value is -0.120. The van der Waals surface area contributed by atoms with Crippen LogP contribution in [0, 0.1) is 0 Å². The van der Waals surface area contributed by atoms with Crippen LogP contribution in [0.2, 0.25) is 0 Å². The van der Waals surface area contributed by atoms with Crippen LogP contribution in [0.25, 0.3) is 0 Å². The summed E-state index contributed by atoms with van der Waals surface area (Å²) in [4.78, 5) is 2.31. The Balaban J connectivity index is 3.77. The van der Waals surface area contributed by atoms with E-state index in [0.717, 1.165) is 13.1 Å². The fourth-order valence-electron chi connectivity index (χ4n) is 2.17. The van der Waals surface area contributed by atoms with Crippen LogP contribution in [0.15, 0.2) is 0 Å². The van der Waals surface area contributed by atoms with Crippen molar-refractivity contribution in [2.45, 2.75) is 71.3 Å². The van der Waals surface area contributed by atoms with E-state index in [-0.39, 0.29) is 6.61 Å². The van der Waals surface area contributed by atoms with Crippen molar-refractivity contribution >= 4 is 0 Å². The van der Waals surface area contributed by atoms with E-state index in [1.807, 2.05) is 0 Å². The minimum Gasteiger partial charge on any atom is -0.394 e. The smallest absolute Gasteiger partial charge is 0.0897 e. The molecule has 3 nitrogen and oxygen atoms in total. The highest BCUT2D eigenvalue weighted by Gasteiger charge is 2.10. The summed E-state index contributed by atoms with van der Waals surface area (Å²) in [5, 5.41) is 18.5. The molecule has 1 unspecified atom stereocenters. The van der Waals surface area contributed by atoms with E-state index in [2.05, 4.69) is 18.7 Å². The molecule has 0 aromatic rings. The van der Waals surface area contributed by atoms with Crippen LogP contribution >= 0.6 is 0 Å². The zero-order chi connectivity index (χ0) is 13.6. The molecule has 0 saturated carbocycles. The molecule has 0 spiro atoms. The fourth-order valence-corrected chi connectivity index (χ4v) is 2.17. The molecule has 110 valence electrons. The number of aliphatic hydroxyl groups is 2.